The summed E-state index contributed by atoms with van der Waals surface area (Å²) in [5, 5.41) is 0.635. The molecule has 0 aromatic heterocycles. The fraction of sp³-hybridized carbons (Fsp3) is 0.700. The molecule has 1 aliphatic rings. The standard InChI is InChI=1S/C10H15Cl2NO/c1-8(14)9-3-2-4-13(6-9)7-10(12)5-11/h5,9H,2-4,6-7H2,1H3. The monoisotopic (exact) mass is 235 g/mol. The van der Waals surface area contributed by atoms with Gasteiger partial charge in [-0.05, 0) is 26.3 Å². The zero-order chi connectivity index (χ0) is 10.6. The summed E-state index contributed by atoms with van der Waals surface area (Å²) in [6.07, 6.45) is 2.07. The highest BCUT2D eigenvalue weighted by Crippen LogP contribution is 2.19. The predicted octanol–water partition coefficient (Wildman–Crippen LogP) is 2.61. The minimum atomic E-state index is 0.184. The summed E-state index contributed by atoms with van der Waals surface area (Å²) >= 11 is 11.3. The van der Waals surface area contributed by atoms with Crippen LogP contribution in [0.25, 0.3) is 0 Å². The van der Waals surface area contributed by atoms with E-state index in [1.165, 1.54) is 5.54 Å². The highest BCUT2D eigenvalue weighted by atomic mass is 35.5. The molecule has 0 radical (unpaired) electrons. The van der Waals surface area contributed by atoms with Crippen molar-refractivity contribution in [3.05, 3.63) is 10.6 Å². The second-order valence-corrected chi connectivity index (χ2v) is 4.44. The van der Waals surface area contributed by atoms with Crippen LogP contribution in [0.1, 0.15) is 19.8 Å². The normalized spacial score (nSPS) is 25.1. The summed E-state index contributed by atoms with van der Waals surface area (Å²) < 4.78 is 0. The van der Waals surface area contributed by atoms with Gasteiger partial charge in [0.2, 0.25) is 0 Å². The highest BCUT2D eigenvalue weighted by Gasteiger charge is 2.22. The summed E-state index contributed by atoms with van der Waals surface area (Å²) in [4.78, 5) is 13.4. The maximum Gasteiger partial charge on any atom is 0.134 e. The Kier molecular flexibility index (Phi) is 4.93. The number of ketones is 1. The fourth-order valence-electron chi connectivity index (χ4n) is 1.78. The molecule has 0 aromatic carbocycles. The second kappa shape index (κ2) is 5.74. The molecule has 1 saturated heterocycles. The molecule has 0 spiro atoms. The first-order valence-corrected chi connectivity index (χ1v) is 5.62. The van der Waals surface area contributed by atoms with Crippen molar-refractivity contribution in [1.82, 2.24) is 4.90 Å². The van der Waals surface area contributed by atoms with E-state index in [0.717, 1.165) is 25.9 Å². The van der Waals surface area contributed by atoms with Crippen molar-refractivity contribution in [2.24, 2.45) is 5.92 Å². The number of rotatable bonds is 3. The lowest BCUT2D eigenvalue weighted by Crippen LogP contribution is -2.38. The second-order valence-electron chi connectivity index (χ2n) is 3.74. The topological polar surface area (TPSA) is 20.3 Å². The zero-order valence-electron chi connectivity index (χ0n) is 8.30. The summed E-state index contributed by atoms with van der Waals surface area (Å²) in [6.45, 7) is 4.14. The molecule has 1 unspecified atom stereocenters. The van der Waals surface area contributed by atoms with Gasteiger partial charge in [-0.2, -0.15) is 0 Å². The van der Waals surface area contributed by atoms with Crippen molar-refractivity contribution >= 4 is 29.0 Å². The molecule has 1 fully saturated rings. The minimum absolute atomic E-state index is 0.184. The Hall–Kier alpha value is -0.0500. The zero-order valence-corrected chi connectivity index (χ0v) is 9.81. The lowest BCUT2D eigenvalue weighted by Gasteiger charge is -2.31. The third-order valence-corrected chi connectivity index (χ3v) is 3.18. The van der Waals surface area contributed by atoms with Crippen LogP contribution >= 0.6 is 23.2 Å². The Morgan fingerprint density at radius 2 is 2.36 bits per heavy atom. The fourth-order valence-corrected chi connectivity index (χ4v) is 2.02. The van der Waals surface area contributed by atoms with E-state index < -0.39 is 0 Å². The molecule has 0 bridgehead atoms. The highest BCUT2D eigenvalue weighted by molar-refractivity contribution is 6.36. The van der Waals surface area contributed by atoms with Crippen LogP contribution in [0.2, 0.25) is 0 Å². The molecule has 1 rings (SSSR count). The molecule has 1 aliphatic heterocycles. The maximum absolute atomic E-state index is 11.2. The van der Waals surface area contributed by atoms with E-state index in [0.29, 0.717) is 11.6 Å². The summed E-state index contributed by atoms with van der Waals surface area (Å²) in [6, 6.07) is 0. The van der Waals surface area contributed by atoms with E-state index in [4.69, 9.17) is 23.2 Å². The van der Waals surface area contributed by atoms with Crippen molar-refractivity contribution in [2.45, 2.75) is 19.8 Å². The number of hydrogen-bond donors (Lipinski definition) is 0. The van der Waals surface area contributed by atoms with Crippen molar-refractivity contribution in [3.63, 3.8) is 0 Å². The average molecular weight is 236 g/mol. The maximum atomic E-state index is 11.2. The first-order valence-electron chi connectivity index (χ1n) is 4.81. The van der Waals surface area contributed by atoms with E-state index in [9.17, 15) is 4.79 Å². The summed E-state index contributed by atoms with van der Waals surface area (Å²) in [7, 11) is 0. The Morgan fingerprint density at radius 1 is 1.64 bits per heavy atom. The Bertz CT molecular complexity index is 240. The SMILES string of the molecule is CC(=O)C1CCCN(CC(Cl)=CCl)C1. The van der Waals surface area contributed by atoms with Crippen LogP contribution in [0.15, 0.2) is 10.6 Å². The third kappa shape index (κ3) is 3.60. The molecule has 0 saturated carbocycles. The van der Waals surface area contributed by atoms with Crippen LogP contribution < -0.4 is 0 Å². The number of carbonyl (C=O) groups is 1. The first-order chi connectivity index (χ1) is 6.63. The molecular weight excluding hydrogens is 221 g/mol. The van der Waals surface area contributed by atoms with Gasteiger partial charge < -0.3 is 0 Å². The van der Waals surface area contributed by atoms with Gasteiger partial charge in [0.1, 0.15) is 5.78 Å². The smallest absolute Gasteiger partial charge is 0.134 e. The van der Waals surface area contributed by atoms with Gasteiger partial charge in [0.25, 0.3) is 0 Å². The Morgan fingerprint density at radius 3 is 2.93 bits per heavy atom. The number of likely N-dealkylation sites (tertiary alicyclic amines) is 1. The van der Waals surface area contributed by atoms with E-state index in [-0.39, 0.29) is 11.7 Å². The molecule has 1 heterocycles. The number of hydrogen-bond acceptors (Lipinski definition) is 2. The Balaban J connectivity index is 2.44. The van der Waals surface area contributed by atoms with Gasteiger partial charge in [0, 0.05) is 29.6 Å². The van der Waals surface area contributed by atoms with E-state index in [2.05, 4.69) is 4.90 Å². The van der Waals surface area contributed by atoms with Gasteiger partial charge in [0.15, 0.2) is 0 Å². The van der Waals surface area contributed by atoms with Crippen LogP contribution in [0.3, 0.4) is 0 Å². The molecule has 0 N–H and O–H groups in total. The third-order valence-electron chi connectivity index (χ3n) is 2.57. The number of carbonyl (C=O) groups excluding carboxylic acids is 1. The summed E-state index contributed by atoms with van der Waals surface area (Å²) in [5.74, 6) is 0.462. The largest absolute Gasteiger partial charge is 0.300 e. The van der Waals surface area contributed by atoms with Crippen LogP contribution in [0, 0.1) is 5.92 Å². The number of piperidine rings is 1. The summed E-state index contributed by atoms with van der Waals surface area (Å²) in [5.41, 5.74) is 1.39. The molecule has 1 atom stereocenters. The van der Waals surface area contributed by atoms with E-state index >= 15 is 0 Å². The van der Waals surface area contributed by atoms with Gasteiger partial charge in [-0.3, -0.25) is 9.69 Å². The van der Waals surface area contributed by atoms with Crippen molar-refractivity contribution in [1.29, 1.82) is 0 Å². The van der Waals surface area contributed by atoms with Gasteiger partial charge in [-0.15, -0.1) is 0 Å². The van der Waals surface area contributed by atoms with Gasteiger partial charge in [0.05, 0.1) is 0 Å². The minimum Gasteiger partial charge on any atom is -0.300 e. The first kappa shape index (κ1) is 12.0. The average Bonchev–Trinajstić information content (AvgIpc) is 2.18. The molecular formula is C10H15Cl2NO. The van der Waals surface area contributed by atoms with Crippen LogP contribution in [-0.4, -0.2) is 30.3 Å². The molecule has 4 heteroatoms. The quantitative estimate of drug-likeness (QED) is 0.750. The van der Waals surface area contributed by atoms with E-state index in [1.54, 1.807) is 6.92 Å². The lowest BCUT2D eigenvalue weighted by molar-refractivity contribution is -0.122. The van der Waals surface area contributed by atoms with Gasteiger partial charge in [-0.25, -0.2) is 0 Å². The molecule has 0 aliphatic carbocycles. The molecule has 80 valence electrons. The molecule has 14 heavy (non-hydrogen) atoms. The number of Topliss-reactive ketones (excluding diaryl/α,β-unsaturated/α-hetero) is 1. The van der Waals surface area contributed by atoms with Crippen LogP contribution in [-0.2, 0) is 4.79 Å². The molecule has 0 aromatic rings. The van der Waals surface area contributed by atoms with Crippen molar-refractivity contribution in [3.8, 4) is 0 Å². The van der Waals surface area contributed by atoms with Crippen LogP contribution in [0.5, 0.6) is 0 Å². The van der Waals surface area contributed by atoms with Crippen molar-refractivity contribution in [2.75, 3.05) is 19.6 Å². The van der Waals surface area contributed by atoms with Gasteiger partial charge in [-0.1, -0.05) is 23.2 Å². The van der Waals surface area contributed by atoms with E-state index in [1.807, 2.05) is 0 Å². The van der Waals surface area contributed by atoms with Crippen LogP contribution in [0.4, 0.5) is 0 Å². The Labute approximate surface area is 94.9 Å². The predicted molar refractivity (Wildman–Crippen MR) is 59.6 cm³/mol. The number of halogens is 2. The molecule has 2 nitrogen and oxygen atoms in total. The number of nitrogens with zero attached hydrogens (tertiary/aromatic N) is 1. The lowest BCUT2D eigenvalue weighted by atomic mass is 9.95. The van der Waals surface area contributed by atoms with Crippen molar-refractivity contribution < 1.29 is 4.79 Å². The van der Waals surface area contributed by atoms with Gasteiger partial charge >= 0.3 is 0 Å². The molecule has 0 amide bonds.